The Morgan fingerprint density at radius 3 is 2.80 bits per heavy atom. The van der Waals surface area contributed by atoms with Crippen molar-refractivity contribution in [1.29, 1.82) is 0 Å². The first-order valence-corrected chi connectivity index (χ1v) is 8.92. The lowest BCUT2D eigenvalue weighted by molar-refractivity contribution is 0.304. The van der Waals surface area contributed by atoms with Gasteiger partial charge in [0.1, 0.15) is 5.82 Å². The Bertz CT molecular complexity index is 880. The van der Waals surface area contributed by atoms with Gasteiger partial charge in [0, 0.05) is 57.6 Å². The molecule has 0 N–H and O–H groups in total. The van der Waals surface area contributed by atoms with Gasteiger partial charge in [-0.15, -0.1) is 0 Å². The number of hydrogen-bond acceptors (Lipinski definition) is 4. The van der Waals surface area contributed by atoms with E-state index in [0.29, 0.717) is 11.8 Å². The first-order chi connectivity index (χ1) is 12.3. The molecule has 0 saturated carbocycles. The Hall–Kier alpha value is -2.47. The minimum atomic E-state index is 0.695. The van der Waals surface area contributed by atoms with Gasteiger partial charge in [-0.1, -0.05) is 6.07 Å². The maximum atomic E-state index is 4.71. The Balaban J connectivity index is 1.35. The summed E-state index contributed by atoms with van der Waals surface area (Å²) in [6, 6.07) is 6.17. The molecule has 2 aliphatic rings. The maximum absolute atomic E-state index is 4.71. The minimum absolute atomic E-state index is 0.695. The molecule has 6 heteroatoms. The van der Waals surface area contributed by atoms with Crippen molar-refractivity contribution in [2.45, 2.75) is 19.5 Å². The standard InChI is InChI=1S/C19H22N6/c1-23-9-15(7-22-23)18-8-21-19-6-14-10-24(11-16(14)12-25(18)19)13-17-4-2-3-5-20-17/h2-5,7-9,14,16H,6,10-13H2,1H3/t14-,16+/m1/s1. The molecule has 0 amide bonds. The van der Waals surface area contributed by atoms with Crippen LogP contribution in [0.1, 0.15) is 11.5 Å². The molecule has 3 aromatic heterocycles. The summed E-state index contributed by atoms with van der Waals surface area (Å²) in [5.41, 5.74) is 3.52. The van der Waals surface area contributed by atoms with Crippen molar-refractivity contribution in [1.82, 2.24) is 29.2 Å². The van der Waals surface area contributed by atoms with Gasteiger partial charge in [0.05, 0.1) is 23.8 Å². The first kappa shape index (κ1) is 14.8. The van der Waals surface area contributed by atoms with Crippen LogP contribution in [-0.4, -0.2) is 42.3 Å². The molecule has 5 rings (SSSR count). The van der Waals surface area contributed by atoms with E-state index in [0.717, 1.165) is 43.9 Å². The Labute approximate surface area is 147 Å². The normalized spacial score (nSPS) is 22.8. The topological polar surface area (TPSA) is 51.8 Å². The number of aryl methyl sites for hydroxylation is 1. The summed E-state index contributed by atoms with van der Waals surface area (Å²) in [6.45, 7) is 4.30. The van der Waals surface area contributed by atoms with E-state index in [4.69, 9.17) is 4.98 Å². The van der Waals surface area contributed by atoms with Crippen molar-refractivity contribution >= 4 is 0 Å². The molecule has 5 heterocycles. The van der Waals surface area contributed by atoms with Gasteiger partial charge < -0.3 is 4.57 Å². The van der Waals surface area contributed by atoms with E-state index in [1.807, 2.05) is 36.4 Å². The van der Waals surface area contributed by atoms with Crippen LogP contribution in [0, 0.1) is 11.8 Å². The summed E-state index contributed by atoms with van der Waals surface area (Å²) in [4.78, 5) is 11.7. The number of nitrogens with zero attached hydrogens (tertiary/aromatic N) is 6. The van der Waals surface area contributed by atoms with Crippen molar-refractivity contribution < 1.29 is 0 Å². The second-order valence-corrected chi connectivity index (χ2v) is 7.31. The smallest absolute Gasteiger partial charge is 0.109 e. The molecular weight excluding hydrogens is 312 g/mol. The van der Waals surface area contributed by atoms with Crippen molar-refractivity contribution in [3.05, 3.63) is 54.5 Å². The molecule has 0 spiro atoms. The summed E-state index contributed by atoms with van der Waals surface area (Å²) in [5.74, 6) is 2.63. The van der Waals surface area contributed by atoms with Gasteiger partial charge >= 0.3 is 0 Å². The zero-order chi connectivity index (χ0) is 16.8. The van der Waals surface area contributed by atoms with Gasteiger partial charge in [-0.25, -0.2) is 4.98 Å². The average molecular weight is 334 g/mol. The third kappa shape index (κ3) is 2.66. The largest absolute Gasteiger partial charge is 0.328 e. The molecule has 1 fully saturated rings. The van der Waals surface area contributed by atoms with Crippen LogP contribution < -0.4 is 0 Å². The number of pyridine rings is 1. The highest BCUT2D eigenvalue weighted by Crippen LogP contribution is 2.35. The van der Waals surface area contributed by atoms with Crippen molar-refractivity contribution in [2.24, 2.45) is 18.9 Å². The summed E-state index contributed by atoms with van der Waals surface area (Å²) >= 11 is 0. The van der Waals surface area contributed by atoms with Crippen molar-refractivity contribution in [3.63, 3.8) is 0 Å². The second kappa shape index (κ2) is 5.81. The molecule has 1 saturated heterocycles. The second-order valence-electron chi connectivity index (χ2n) is 7.31. The van der Waals surface area contributed by atoms with Crippen molar-refractivity contribution in [2.75, 3.05) is 13.1 Å². The fraction of sp³-hybridized carbons (Fsp3) is 0.421. The van der Waals surface area contributed by atoms with Crippen LogP contribution in [0.4, 0.5) is 0 Å². The lowest BCUT2D eigenvalue weighted by Gasteiger charge is -2.26. The Kier molecular flexibility index (Phi) is 3.45. The van der Waals surface area contributed by atoms with E-state index in [1.54, 1.807) is 0 Å². The molecule has 6 nitrogen and oxygen atoms in total. The third-order valence-corrected chi connectivity index (χ3v) is 5.56. The summed E-state index contributed by atoms with van der Waals surface area (Å²) in [5, 5.41) is 4.31. The highest BCUT2D eigenvalue weighted by molar-refractivity contribution is 5.57. The molecule has 2 aliphatic heterocycles. The zero-order valence-corrected chi connectivity index (χ0v) is 14.4. The highest BCUT2D eigenvalue weighted by Gasteiger charge is 2.38. The van der Waals surface area contributed by atoms with Gasteiger partial charge in [-0.3, -0.25) is 14.6 Å². The molecule has 0 radical (unpaired) electrons. The number of hydrogen-bond donors (Lipinski definition) is 0. The zero-order valence-electron chi connectivity index (χ0n) is 14.4. The van der Waals surface area contributed by atoms with Gasteiger partial charge in [-0.2, -0.15) is 5.10 Å². The van der Waals surface area contributed by atoms with E-state index in [1.165, 1.54) is 11.5 Å². The molecule has 0 aromatic carbocycles. The van der Waals surface area contributed by atoms with Crippen LogP contribution in [0.15, 0.2) is 43.0 Å². The number of imidazole rings is 1. The van der Waals surface area contributed by atoms with Crippen LogP contribution in [0.25, 0.3) is 11.3 Å². The summed E-state index contributed by atoms with van der Waals surface area (Å²) < 4.78 is 4.26. The Morgan fingerprint density at radius 1 is 1.08 bits per heavy atom. The van der Waals surface area contributed by atoms with Crippen LogP contribution in [0.5, 0.6) is 0 Å². The molecule has 128 valence electrons. The lowest BCUT2D eigenvalue weighted by atomic mass is 9.89. The number of likely N-dealkylation sites (tertiary alicyclic amines) is 1. The van der Waals surface area contributed by atoms with Crippen molar-refractivity contribution in [3.8, 4) is 11.3 Å². The summed E-state index contributed by atoms with van der Waals surface area (Å²) in [6.07, 6.45) is 8.97. The van der Waals surface area contributed by atoms with E-state index in [-0.39, 0.29) is 0 Å². The number of fused-ring (bicyclic) bond motifs is 2. The Morgan fingerprint density at radius 2 is 2.00 bits per heavy atom. The van der Waals surface area contributed by atoms with Gasteiger partial charge in [0.2, 0.25) is 0 Å². The van der Waals surface area contributed by atoms with Gasteiger partial charge in [0.15, 0.2) is 0 Å². The fourth-order valence-corrected chi connectivity index (χ4v) is 4.36. The van der Waals surface area contributed by atoms with E-state index in [9.17, 15) is 0 Å². The van der Waals surface area contributed by atoms with Crippen LogP contribution in [0.3, 0.4) is 0 Å². The minimum Gasteiger partial charge on any atom is -0.328 e. The molecule has 0 aliphatic carbocycles. The molecule has 2 atom stereocenters. The van der Waals surface area contributed by atoms with Crippen LogP contribution in [0.2, 0.25) is 0 Å². The van der Waals surface area contributed by atoms with E-state index >= 15 is 0 Å². The SMILES string of the molecule is Cn1cc(-c2cnc3n2C[C@@H]2CN(Cc4ccccn4)C[C@H]2C3)cn1. The predicted molar refractivity (Wildman–Crippen MR) is 94.6 cm³/mol. The molecule has 0 bridgehead atoms. The predicted octanol–water partition coefficient (Wildman–Crippen LogP) is 1.98. The highest BCUT2D eigenvalue weighted by atomic mass is 15.2. The third-order valence-electron chi connectivity index (χ3n) is 5.56. The van der Waals surface area contributed by atoms with Crippen LogP contribution >= 0.6 is 0 Å². The molecular formula is C19H22N6. The summed E-state index contributed by atoms with van der Waals surface area (Å²) in [7, 11) is 1.96. The monoisotopic (exact) mass is 334 g/mol. The molecule has 0 unspecified atom stereocenters. The van der Waals surface area contributed by atoms with Gasteiger partial charge in [-0.05, 0) is 24.0 Å². The lowest BCUT2D eigenvalue weighted by Crippen LogP contribution is -2.28. The van der Waals surface area contributed by atoms with Gasteiger partial charge in [0.25, 0.3) is 0 Å². The number of aromatic nitrogens is 5. The average Bonchev–Trinajstić information content (AvgIpc) is 3.31. The molecule has 3 aromatic rings. The molecule has 25 heavy (non-hydrogen) atoms. The fourth-order valence-electron chi connectivity index (χ4n) is 4.36. The van der Waals surface area contributed by atoms with Crippen LogP contribution in [-0.2, 0) is 26.6 Å². The maximum Gasteiger partial charge on any atom is 0.109 e. The van der Waals surface area contributed by atoms with E-state index in [2.05, 4.69) is 37.9 Å². The number of rotatable bonds is 3. The first-order valence-electron chi connectivity index (χ1n) is 8.92. The van der Waals surface area contributed by atoms with E-state index < -0.39 is 0 Å². The quantitative estimate of drug-likeness (QED) is 0.735.